The molecule has 0 unspecified atom stereocenters. The van der Waals surface area contributed by atoms with Crippen LogP contribution in [0.4, 0.5) is 4.39 Å². The fraction of sp³-hybridized carbons (Fsp3) is 0.118. The smallest absolute Gasteiger partial charge is 0.263 e. The summed E-state index contributed by atoms with van der Waals surface area (Å²) in [6.45, 7) is 2.14. The lowest BCUT2D eigenvalue weighted by molar-refractivity contribution is 0.0954. The number of carbonyl (C=O) groups excluding carboxylic acids is 1. The number of amides is 1. The molecule has 0 aliphatic heterocycles. The molecule has 2 aromatic heterocycles. The fourth-order valence-corrected chi connectivity index (χ4v) is 3.13. The average Bonchev–Trinajstić information content (AvgIpc) is 2.96. The molecule has 6 heteroatoms. The maximum atomic E-state index is 13.8. The highest BCUT2D eigenvalue weighted by Gasteiger charge is 2.17. The molecule has 0 atom stereocenters. The Balaban J connectivity index is 1.78. The van der Waals surface area contributed by atoms with E-state index in [-0.39, 0.29) is 11.7 Å². The van der Waals surface area contributed by atoms with Crippen LogP contribution in [-0.4, -0.2) is 15.9 Å². The number of nitrogens with one attached hydrogen (secondary N) is 1. The van der Waals surface area contributed by atoms with Crippen LogP contribution < -0.4 is 5.32 Å². The second-order valence-corrected chi connectivity index (χ2v) is 5.96. The molecule has 116 valence electrons. The van der Waals surface area contributed by atoms with Crippen LogP contribution in [0.1, 0.15) is 20.9 Å². The molecule has 0 aliphatic carbocycles. The number of aromatic nitrogens is 2. The van der Waals surface area contributed by atoms with Crippen molar-refractivity contribution in [2.75, 3.05) is 0 Å². The first-order valence-electron chi connectivity index (χ1n) is 7.04. The van der Waals surface area contributed by atoms with Crippen molar-refractivity contribution in [2.24, 2.45) is 0 Å². The highest BCUT2D eigenvalue weighted by Crippen LogP contribution is 2.29. The molecule has 1 N–H and O–H groups in total. The Morgan fingerprint density at radius 3 is 2.83 bits per heavy atom. The quantitative estimate of drug-likeness (QED) is 0.797. The summed E-state index contributed by atoms with van der Waals surface area (Å²) in [6, 6.07) is 10.1. The summed E-state index contributed by atoms with van der Waals surface area (Å²) in [7, 11) is 0. The van der Waals surface area contributed by atoms with Crippen LogP contribution in [0, 0.1) is 12.7 Å². The van der Waals surface area contributed by atoms with E-state index in [1.807, 2.05) is 12.1 Å². The van der Waals surface area contributed by atoms with Gasteiger partial charge in [-0.05, 0) is 30.7 Å². The third kappa shape index (κ3) is 3.43. The van der Waals surface area contributed by atoms with E-state index in [2.05, 4.69) is 15.3 Å². The molecular formula is C17H14FN3OS. The average molecular weight is 327 g/mol. The Morgan fingerprint density at radius 2 is 2.09 bits per heavy atom. The van der Waals surface area contributed by atoms with Gasteiger partial charge in [-0.15, -0.1) is 11.3 Å². The molecule has 2 heterocycles. The van der Waals surface area contributed by atoms with Gasteiger partial charge in [0, 0.05) is 24.5 Å². The van der Waals surface area contributed by atoms with Crippen molar-refractivity contribution < 1.29 is 9.18 Å². The van der Waals surface area contributed by atoms with Crippen molar-refractivity contribution in [3.8, 4) is 10.6 Å². The fourth-order valence-electron chi connectivity index (χ4n) is 2.12. The van der Waals surface area contributed by atoms with Crippen molar-refractivity contribution in [1.82, 2.24) is 15.3 Å². The van der Waals surface area contributed by atoms with Crippen molar-refractivity contribution in [2.45, 2.75) is 13.5 Å². The normalized spacial score (nSPS) is 10.5. The van der Waals surface area contributed by atoms with E-state index in [0.717, 1.165) is 5.56 Å². The number of pyridine rings is 1. The zero-order valence-corrected chi connectivity index (χ0v) is 13.2. The van der Waals surface area contributed by atoms with Gasteiger partial charge >= 0.3 is 0 Å². The first-order valence-corrected chi connectivity index (χ1v) is 7.86. The summed E-state index contributed by atoms with van der Waals surface area (Å²) in [4.78, 5) is 21.1. The lowest BCUT2D eigenvalue weighted by Crippen LogP contribution is -2.22. The van der Waals surface area contributed by atoms with Gasteiger partial charge in [0.1, 0.15) is 15.7 Å². The first-order chi connectivity index (χ1) is 11.1. The van der Waals surface area contributed by atoms with Crippen LogP contribution in [0.15, 0.2) is 48.8 Å². The molecule has 0 radical (unpaired) electrons. The van der Waals surface area contributed by atoms with Gasteiger partial charge in [0.25, 0.3) is 5.91 Å². The number of thiazole rings is 1. The van der Waals surface area contributed by atoms with Gasteiger partial charge in [0.05, 0.1) is 5.69 Å². The molecule has 0 saturated carbocycles. The number of benzene rings is 1. The largest absolute Gasteiger partial charge is 0.347 e. The van der Waals surface area contributed by atoms with E-state index in [1.165, 1.54) is 17.4 Å². The maximum Gasteiger partial charge on any atom is 0.263 e. The van der Waals surface area contributed by atoms with E-state index >= 15 is 0 Å². The minimum absolute atomic E-state index is 0.216. The van der Waals surface area contributed by atoms with E-state index in [0.29, 0.717) is 27.7 Å². The lowest BCUT2D eigenvalue weighted by atomic mass is 10.2. The molecule has 3 rings (SSSR count). The summed E-state index contributed by atoms with van der Waals surface area (Å²) >= 11 is 1.19. The molecule has 1 aromatic carbocycles. The number of carbonyl (C=O) groups is 1. The van der Waals surface area contributed by atoms with Crippen LogP contribution in [0.5, 0.6) is 0 Å². The van der Waals surface area contributed by atoms with Gasteiger partial charge in [-0.2, -0.15) is 0 Å². The van der Waals surface area contributed by atoms with Crippen LogP contribution >= 0.6 is 11.3 Å². The minimum Gasteiger partial charge on any atom is -0.347 e. The SMILES string of the molecule is Cc1nc(-c2ccccc2F)sc1C(=O)NCc1cccnc1. The number of halogens is 1. The summed E-state index contributed by atoms with van der Waals surface area (Å²) in [5.74, 6) is -0.560. The third-order valence-corrected chi connectivity index (χ3v) is 4.47. The Morgan fingerprint density at radius 1 is 1.26 bits per heavy atom. The Kier molecular flexibility index (Phi) is 4.43. The van der Waals surface area contributed by atoms with Gasteiger partial charge in [-0.1, -0.05) is 18.2 Å². The molecule has 23 heavy (non-hydrogen) atoms. The van der Waals surface area contributed by atoms with Crippen molar-refractivity contribution in [3.63, 3.8) is 0 Å². The third-order valence-electron chi connectivity index (χ3n) is 3.28. The van der Waals surface area contributed by atoms with Crippen LogP contribution in [0.25, 0.3) is 10.6 Å². The summed E-state index contributed by atoms with van der Waals surface area (Å²) in [5.41, 5.74) is 1.92. The number of nitrogens with zero attached hydrogens (tertiary/aromatic N) is 2. The second kappa shape index (κ2) is 6.66. The van der Waals surface area contributed by atoms with Gasteiger partial charge < -0.3 is 5.32 Å². The lowest BCUT2D eigenvalue weighted by Gasteiger charge is -2.03. The molecule has 0 spiro atoms. The van der Waals surface area contributed by atoms with Crippen LogP contribution in [0.2, 0.25) is 0 Å². The molecule has 0 fully saturated rings. The Bertz CT molecular complexity index is 833. The van der Waals surface area contributed by atoms with Gasteiger partial charge in [0.2, 0.25) is 0 Å². The van der Waals surface area contributed by atoms with E-state index in [9.17, 15) is 9.18 Å². The van der Waals surface area contributed by atoms with Crippen molar-refractivity contribution in [1.29, 1.82) is 0 Å². The summed E-state index contributed by atoms with van der Waals surface area (Å²) in [5, 5.41) is 3.34. The second-order valence-electron chi connectivity index (χ2n) is 4.96. The molecule has 0 bridgehead atoms. The van der Waals surface area contributed by atoms with Crippen LogP contribution in [0.3, 0.4) is 0 Å². The monoisotopic (exact) mass is 327 g/mol. The van der Waals surface area contributed by atoms with E-state index in [1.54, 1.807) is 37.5 Å². The minimum atomic E-state index is -0.344. The van der Waals surface area contributed by atoms with E-state index < -0.39 is 0 Å². The Labute approximate surface area is 137 Å². The highest BCUT2D eigenvalue weighted by molar-refractivity contribution is 7.17. The molecule has 3 aromatic rings. The predicted molar refractivity (Wildman–Crippen MR) is 87.7 cm³/mol. The molecule has 4 nitrogen and oxygen atoms in total. The first kappa shape index (κ1) is 15.3. The number of aryl methyl sites for hydroxylation is 1. The molecule has 0 saturated heterocycles. The van der Waals surface area contributed by atoms with E-state index in [4.69, 9.17) is 0 Å². The van der Waals surface area contributed by atoms with Crippen molar-refractivity contribution in [3.05, 3.63) is 70.7 Å². The van der Waals surface area contributed by atoms with Crippen LogP contribution in [-0.2, 0) is 6.54 Å². The highest BCUT2D eigenvalue weighted by atomic mass is 32.1. The molecule has 1 amide bonds. The maximum absolute atomic E-state index is 13.8. The standard InChI is InChI=1S/C17H14FN3OS/c1-11-15(16(22)20-10-12-5-4-8-19-9-12)23-17(21-11)13-6-2-3-7-14(13)18/h2-9H,10H2,1H3,(H,20,22). The number of hydrogen-bond donors (Lipinski definition) is 1. The van der Waals surface area contributed by atoms with Gasteiger partial charge in [0.15, 0.2) is 0 Å². The summed E-state index contributed by atoms with van der Waals surface area (Å²) in [6.07, 6.45) is 3.38. The zero-order valence-electron chi connectivity index (χ0n) is 12.4. The predicted octanol–water partition coefficient (Wildman–Crippen LogP) is 3.58. The molecular weight excluding hydrogens is 313 g/mol. The number of hydrogen-bond acceptors (Lipinski definition) is 4. The summed E-state index contributed by atoms with van der Waals surface area (Å²) < 4.78 is 13.8. The van der Waals surface area contributed by atoms with Gasteiger partial charge in [-0.25, -0.2) is 9.37 Å². The Hall–Kier alpha value is -2.60. The zero-order chi connectivity index (χ0) is 16.2. The van der Waals surface area contributed by atoms with Gasteiger partial charge in [-0.3, -0.25) is 9.78 Å². The topological polar surface area (TPSA) is 54.9 Å². The molecule has 0 aliphatic rings. The number of rotatable bonds is 4. The van der Waals surface area contributed by atoms with Crippen molar-refractivity contribution >= 4 is 17.2 Å².